The normalized spacial score (nSPS) is 10.6. The second-order valence-electron chi connectivity index (χ2n) is 4.69. The predicted octanol–water partition coefficient (Wildman–Crippen LogP) is 3.78. The van der Waals surface area contributed by atoms with E-state index < -0.39 is 12.1 Å². The Morgan fingerprint density at radius 1 is 1.17 bits per heavy atom. The number of amides is 1. The van der Waals surface area contributed by atoms with Crippen LogP contribution in [0.15, 0.2) is 48.5 Å². The molecule has 0 aliphatic carbocycles. The molecule has 23 heavy (non-hydrogen) atoms. The number of rotatable bonds is 7. The minimum absolute atomic E-state index is 0.246. The van der Waals surface area contributed by atoms with Crippen molar-refractivity contribution in [3.63, 3.8) is 0 Å². The molecule has 0 aliphatic heterocycles. The number of alkyl carbamates (subject to hydrolysis) is 1. The van der Waals surface area contributed by atoms with Crippen LogP contribution < -0.4 is 5.32 Å². The first-order chi connectivity index (χ1) is 11.1. The molecule has 0 saturated heterocycles. The van der Waals surface area contributed by atoms with Gasteiger partial charge in [0.25, 0.3) is 0 Å². The highest BCUT2D eigenvalue weighted by Crippen LogP contribution is 2.17. The predicted molar refractivity (Wildman–Crippen MR) is 89.6 cm³/mol. The lowest BCUT2D eigenvalue weighted by Crippen LogP contribution is -2.24. The molecule has 0 radical (unpaired) electrons. The third kappa shape index (κ3) is 5.96. The number of aromatic carboxylic acids is 1. The zero-order chi connectivity index (χ0) is 16.5. The minimum Gasteiger partial charge on any atom is -0.477 e. The lowest BCUT2D eigenvalue weighted by molar-refractivity contribution is 0.0702. The Kier molecular flexibility index (Phi) is 6.38. The van der Waals surface area contributed by atoms with E-state index in [4.69, 9.17) is 9.84 Å². The van der Waals surface area contributed by atoms with Crippen molar-refractivity contribution in [2.45, 2.75) is 13.0 Å². The second kappa shape index (κ2) is 8.75. The highest BCUT2D eigenvalue weighted by molar-refractivity contribution is 7.14. The van der Waals surface area contributed by atoms with Crippen LogP contribution in [0, 0.1) is 0 Å². The van der Waals surface area contributed by atoms with Gasteiger partial charge in [0, 0.05) is 11.4 Å². The summed E-state index contributed by atoms with van der Waals surface area (Å²) in [5, 5.41) is 11.5. The average Bonchev–Trinajstić information content (AvgIpc) is 3.03. The lowest BCUT2D eigenvalue weighted by atomic mass is 10.2. The van der Waals surface area contributed by atoms with E-state index in [-0.39, 0.29) is 6.61 Å². The van der Waals surface area contributed by atoms with Gasteiger partial charge in [-0.05, 0) is 30.2 Å². The molecule has 2 rings (SSSR count). The topological polar surface area (TPSA) is 75.6 Å². The Bertz CT molecular complexity index is 679. The van der Waals surface area contributed by atoms with Crippen LogP contribution in [0.2, 0.25) is 0 Å². The maximum atomic E-state index is 11.5. The molecule has 2 N–H and O–H groups in total. The molecule has 0 unspecified atom stereocenters. The Balaban J connectivity index is 1.63. The summed E-state index contributed by atoms with van der Waals surface area (Å²) in [7, 11) is 0. The largest absolute Gasteiger partial charge is 0.477 e. The molecular formula is C17H17NO4S. The first-order valence-electron chi connectivity index (χ1n) is 7.09. The summed E-state index contributed by atoms with van der Waals surface area (Å²) in [6.45, 7) is 0.705. The van der Waals surface area contributed by atoms with Gasteiger partial charge in [0.05, 0.1) is 0 Å². The van der Waals surface area contributed by atoms with E-state index in [0.717, 1.165) is 10.4 Å². The van der Waals surface area contributed by atoms with Crippen molar-refractivity contribution in [3.8, 4) is 0 Å². The summed E-state index contributed by atoms with van der Waals surface area (Å²) in [5.41, 5.74) is 0.939. The number of nitrogens with one attached hydrogen (secondary N) is 1. The van der Waals surface area contributed by atoms with Crippen LogP contribution in [-0.2, 0) is 11.3 Å². The van der Waals surface area contributed by atoms with E-state index >= 15 is 0 Å². The molecule has 2 aromatic rings. The molecule has 6 heteroatoms. The molecular weight excluding hydrogens is 314 g/mol. The van der Waals surface area contributed by atoms with Crippen LogP contribution in [0.4, 0.5) is 4.79 Å². The number of carboxylic acid groups (broad SMARTS) is 1. The molecule has 0 fully saturated rings. The molecule has 120 valence electrons. The van der Waals surface area contributed by atoms with Crippen LogP contribution in [0.1, 0.15) is 26.5 Å². The van der Waals surface area contributed by atoms with E-state index in [2.05, 4.69) is 5.32 Å². The van der Waals surface area contributed by atoms with Gasteiger partial charge in [0.1, 0.15) is 11.5 Å². The number of thiophene rings is 1. The van der Waals surface area contributed by atoms with E-state index in [1.54, 1.807) is 12.1 Å². The fraction of sp³-hybridized carbons (Fsp3) is 0.176. The zero-order valence-electron chi connectivity index (χ0n) is 12.4. The highest BCUT2D eigenvalue weighted by Gasteiger charge is 2.04. The molecule has 0 aliphatic rings. The van der Waals surface area contributed by atoms with Gasteiger partial charge in [-0.2, -0.15) is 0 Å². The first kappa shape index (κ1) is 16.8. The van der Waals surface area contributed by atoms with Crippen molar-refractivity contribution in [1.29, 1.82) is 0 Å². The van der Waals surface area contributed by atoms with Crippen LogP contribution in [0.5, 0.6) is 0 Å². The van der Waals surface area contributed by atoms with Gasteiger partial charge in [0.15, 0.2) is 0 Å². The maximum Gasteiger partial charge on any atom is 0.407 e. The van der Waals surface area contributed by atoms with Crippen LogP contribution in [-0.4, -0.2) is 23.7 Å². The molecule has 0 spiro atoms. The summed E-state index contributed by atoms with van der Waals surface area (Å²) < 4.78 is 5.09. The minimum atomic E-state index is -0.919. The van der Waals surface area contributed by atoms with Gasteiger partial charge in [-0.15, -0.1) is 11.3 Å². The molecule has 1 amide bonds. The summed E-state index contributed by atoms with van der Waals surface area (Å²) in [4.78, 5) is 23.4. The van der Waals surface area contributed by atoms with Crippen molar-refractivity contribution < 1.29 is 19.4 Å². The van der Waals surface area contributed by atoms with Gasteiger partial charge in [-0.25, -0.2) is 9.59 Å². The molecule has 0 saturated carbocycles. The Morgan fingerprint density at radius 2 is 1.96 bits per heavy atom. The number of carbonyl (C=O) groups excluding carboxylic acids is 1. The quantitative estimate of drug-likeness (QED) is 0.757. The number of ether oxygens (including phenoxy) is 1. The van der Waals surface area contributed by atoms with Crippen molar-refractivity contribution in [2.24, 2.45) is 0 Å². The fourth-order valence-electron chi connectivity index (χ4n) is 1.79. The second-order valence-corrected chi connectivity index (χ2v) is 5.80. The summed E-state index contributed by atoms with van der Waals surface area (Å²) in [6.07, 6.45) is 3.91. The Hall–Kier alpha value is -2.60. The lowest BCUT2D eigenvalue weighted by Gasteiger charge is -2.05. The van der Waals surface area contributed by atoms with Gasteiger partial charge in [0.2, 0.25) is 0 Å². The van der Waals surface area contributed by atoms with Crippen molar-refractivity contribution in [1.82, 2.24) is 5.32 Å². The monoisotopic (exact) mass is 331 g/mol. The number of carboxylic acids is 1. The summed E-state index contributed by atoms with van der Waals surface area (Å²) in [5.74, 6) is -0.919. The van der Waals surface area contributed by atoms with Gasteiger partial charge >= 0.3 is 12.1 Å². The van der Waals surface area contributed by atoms with Gasteiger partial charge in [-0.1, -0.05) is 36.4 Å². The van der Waals surface area contributed by atoms with Crippen LogP contribution in [0.3, 0.4) is 0 Å². The molecule has 1 heterocycles. The fourth-order valence-corrected chi connectivity index (χ4v) is 2.57. The first-order valence-corrected chi connectivity index (χ1v) is 7.91. The number of hydrogen-bond donors (Lipinski definition) is 2. The number of benzene rings is 1. The third-order valence-electron chi connectivity index (χ3n) is 2.91. The third-order valence-corrected chi connectivity index (χ3v) is 3.95. The molecule has 0 bridgehead atoms. The smallest absolute Gasteiger partial charge is 0.407 e. The highest BCUT2D eigenvalue weighted by atomic mass is 32.1. The molecule has 5 nitrogen and oxygen atoms in total. The standard InChI is InChI=1S/C17H17NO4S/c19-16(20)15-10-9-14(23-15)8-4-5-11-18-17(21)22-12-13-6-2-1-3-7-13/h1-4,6-10H,5,11-12H2,(H,18,21)(H,19,20). The molecule has 1 aromatic heterocycles. The number of carbonyl (C=O) groups is 2. The molecule has 0 atom stereocenters. The summed E-state index contributed by atoms with van der Waals surface area (Å²) in [6, 6.07) is 12.8. The Labute approximate surface area is 138 Å². The van der Waals surface area contributed by atoms with E-state index in [1.807, 2.05) is 42.5 Å². The van der Waals surface area contributed by atoms with Crippen molar-refractivity contribution in [2.75, 3.05) is 6.54 Å². The zero-order valence-corrected chi connectivity index (χ0v) is 13.2. The SMILES string of the molecule is O=C(NCCC=Cc1ccc(C(=O)O)s1)OCc1ccccc1. The van der Waals surface area contributed by atoms with E-state index in [9.17, 15) is 9.59 Å². The van der Waals surface area contributed by atoms with Crippen LogP contribution in [0.25, 0.3) is 6.08 Å². The average molecular weight is 331 g/mol. The van der Waals surface area contributed by atoms with E-state index in [0.29, 0.717) is 17.8 Å². The maximum absolute atomic E-state index is 11.5. The Morgan fingerprint density at radius 3 is 2.65 bits per heavy atom. The van der Waals surface area contributed by atoms with Gasteiger partial charge in [-0.3, -0.25) is 0 Å². The number of hydrogen-bond acceptors (Lipinski definition) is 4. The van der Waals surface area contributed by atoms with Gasteiger partial charge < -0.3 is 15.2 Å². The van der Waals surface area contributed by atoms with Crippen molar-refractivity contribution in [3.05, 3.63) is 63.9 Å². The van der Waals surface area contributed by atoms with E-state index in [1.165, 1.54) is 11.3 Å². The summed E-state index contributed by atoms with van der Waals surface area (Å²) >= 11 is 1.21. The van der Waals surface area contributed by atoms with Crippen LogP contribution >= 0.6 is 11.3 Å². The molecule has 1 aromatic carbocycles. The van der Waals surface area contributed by atoms with Crippen molar-refractivity contribution >= 4 is 29.5 Å².